The second kappa shape index (κ2) is 11.7. The van der Waals surface area contributed by atoms with Gasteiger partial charge in [0.05, 0.1) is 6.10 Å². The standard InChI is InChI=1S/C22H38O3/c1-2-3-4-5-8-11-16-25-22-19-15-14-18(17-19)20(22)12-9-6-7-10-13-21(23)24/h6,9,18-20,22H,2-5,7-8,10-17H2,1H3,(H,23,24)/b9-6-/t18-,19+,20-,22+/m0/s1. The molecule has 0 aromatic heterocycles. The van der Waals surface area contributed by atoms with Crippen molar-refractivity contribution in [1.29, 1.82) is 0 Å². The van der Waals surface area contributed by atoms with E-state index >= 15 is 0 Å². The lowest BCUT2D eigenvalue weighted by atomic mass is 9.84. The van der Waals surface area contributed by atoms with Crippen LogP contribution in [0.4, 0.5) is 0 Å². The van der Waals surface area contributed by atoms with Crippen LogP contribution in [0.15, 0.2) is 12.2 Å². The molecule has 0 heterocycles. The molecule has 1 N–H and O–H groups in total. The van der Waals surface area contributed by atoms with Gasteiger partial charge < -0.3 is 9.84 Å². The number of carboxylic acid groups (broad SMARTS) is 1. The Morgan fingerprint density at radius 3 is 2.60 bits per heavy atom. The monoisotopic (exact) mass is 350 g/mol. The van der Waals surface area contributed by atoms with Crippen molar-refractivity contribution in [1.82, 2.24) is 0 Å². The Morgan fingerprint density at radius 1 is 1.04 bits per heavy atom. The number of fused-ring (bicyclic) bond motifs is 2. The molecule has 4 atom stereocenters. The highest BCUT2D eigenvalue weighted by Crippen LogP contribution is 2.51. The summed E-state index contributed by atoms with van der Waals surface area (Å²) in [7, 11) is 0. The van der Waals surface area contributed by atoms with Crippen molar-refractivity contribution in [2.24, 2.45) is 17.8 Å². The Balaban J connectivity index is 1.63. The van der Waals surface area contributed by atoms with Crippen LogP contribution in [-0.4, -0.2) is 23.8 Å². The number of carbonyl (C=O) groups is 1. The Morgan fingerprint density at radius 2 is 1.80 bits per heavy atom. The number of allylic oxidation sites excluding steroid dienone is 2. The molecule has 0 aromatic carbocycles. The molecular formula is C22H38O3. The van der Waals surface area contributed by atoms with Gasteiger partial charge in [-0.1, -0.05) is 51.2 Å². The van der Waals surface area contributed by atoms with Crippen LogP contribution >= 0.6 is 0 Å². The molecule has 2 aliphatic carbocycles. The van der Waals surface area contributed by atoms with E-state index in [1.807, 2.05) is 0 Å². The Kier molecular flexibility index (Phi) is 9.60. The van der Waals surface area contributed by atoms with Crippen molar-refractivity contribution in [3.8, 4) is 0 Å². The SMILES string of the molecule is CCCCCCCCO[C@@H]1[C@@H]2CC[C@@H](C2)[C@@H]1C/C=C\CCCC(=O)O. The van der Waals surface area contributed by atoms with Gasteiger partial charge in [-0.05, 0) is 62.7 Å². The molecule has 2 rings (SSSR count). The van der Waals surface area contributed by atoms with Gasteiger partial charge in [0, 0.05) is 13.0 Å². The zero-order chi connectivity index (χ0) is 17.9. The molecule has 25 heavy (non-hydrogen) atoms. The molecule has 3 nitrogen and oxygen atoms in total. The number of ether oxygens (including phenoxy) is 1. The molecule has 144 valence electrons. The molecule has 2 aliphatic rings. The molecule has 0 radical (unpaired) electrons. The van der Waals surface area contributed by atoms with Crippen molar-refractivity contribution in [3.63, 3.8) is 0 Å². The van der Waals surface area contributed by atoms with E-state index < -0.39 is 5.97 Å². The molecule has 0 aliphatic heterocycles. The molecule has 3 heteroatoms. The minimum absolute atomic E-state index is 0.280. The number of rotatable bonds is 14. The van der Waals surface area contributed by atoms with E-state index in [9.17, 15) is 4.79 Å². The summed E-state index contributed by atoms with van der Waals surface area (Å²) in [5.41, 5.74) is 0. The zero-order valence-electron chi connectivity index (χ0n) is 16.1. The number of unbranched alkanes of at least 4 members (excludes halogenated alkanes) is 6. The smallest absolute Gasteiger partial charge is 0.303 e. The van der Waals surface area contributed by atoms with Gasteiger partial charge in [0.1, 0.15) is 0 Å². The number of hydrogen-bond acceptors (Lipinski definition) is 2. The summed E-state index contributed by atoms with van der Waals surface area (Å²) < 4.78 is 6.35. The van der Waals surface area contributed by atoms with Crippen LogP contribution < -0.4 is 0 Å². The fraction of sp³-hybridized carbons (Fsp3) is 0.864. The first kappa shape index (κ1) is 20.5. The lowest BCUT2D eigenvalue weighted by Crippen LogP contribution is -2.30. The second-order valence-electron chi connectivity index (χ2n) is 8.09. The van der Waals surface area contributed by atoms with Crippen molar-refractivity contribution < 1.29 is 14.6 Å². The minimum atomic E-state index is -0.690. The molecule has 2 bridgehead atoms. The van der Waals surface area contributed by atoms with E-state index in [1.165, 1.54) is 57.8 Å². The van der Waals surface area contributed by atoms with E-state index in [4.69, 9.17) is 9.84 Å². The summed E-state index contributed by atoms with van der Waals surface area (Å²) in [4.78, 5) is 10.5. The zero-order valence-corrected chi connectivity index (χ0v) is 16.1. The topological polar surface area (TPSA) is 46.5 Å². The molecule has 0 saturated heterocycles. The average molecular weight is 351 g/mol. The molecule has 0 spiro atoms. The van der Waals surface area contributed by atoms with Gasteiger partial charge in [-0.3, -0.25) is 4.79 Å². The Hall–Kier alpha value is -0.830. The van der Waals surface area contributed by atoms with Crippen LogP contribution in [0.3, 0.4) is 0 Å². The Labute approximate surface area is 154 Å². The first-order valence-electron chi connectivity index (χ1n) is 10.7. The van der Waals surface area contributed by atoms with Crippen LogP contribution in [0.25, 0.3) is 0 Å². The maximum absolute atomic E-state index is 10.5. The van der Waals surface area contributed by atoms with Crippen LogP contribution in [-0.2, 0) is 9.53 Å². The summed E-state index contributed by atoms with van der Waals surface area (Å²) >= 11 is 0. The normalized spacial score (nSPS) is 28.2. The lowest BCUT2D eigenvalue weighted by Gasteiger charge is -2.30. The number of aliphatic carboxylic acids is 1. The van der Waals surface area contributed by atoms with E-state index in [1.54, 1.807) is 0 Å². The quantitative estimate of drug-likeness (QED) is 0.310. The van der Waals surface area contributed by atoms with Crippen LogP contribution in [0.1, 0.15) is 90.4 Å². The maximum atomic E-state index is 10.5. The fourth-order valence-corrected chi connectivity index (χ4v) is 4.79. The highest BCUT2D eigenvalue weighted by molar-refractivity contribution is 5.66. The molecule has 2 saturated carbocycles. The van der Waals surface area contributed by atoms with E-state index in [0.717, 1.165) is 37.7 Å². The van der Waals surface area contributed by atoms with E-state index in [-0.39, 0.29) is 6.42 Å². The fourth-order valence-electron chi connectivity index (χ4n) is 4.79. The third kappa shape index (κ3) is 7.13. The summed E-state index contributed by atoms with van der Waals surface area (Å²) in [5.74, 6) is 1.68. The first-order chi connectivity index (χ1) is 12.2. The number of carboxylic acids is 1. The highest BCUT2D eigenvalue weighted by atomic mass is 16.5. The minimum Gasteiger partial charge on any atom is -0.481 e. The highest BCUT2D eigenvalue weighted by Gasteiger charge is 2.47. The molecular weight excluding hydrogens is 312 g/mol. The molecule has 0 unspecified atom stereocenters. The second-order valence-corrected chi connectivity index (χ2v) is 8.09. The third-order valence-electron chi connectivity index (χ3n) is 6.15. The van der Waals surface area contributed by atoms with Gasteiger partial charge in [0.25, 0.3) is 0 Å². The van der Waals surface area contributed by atoms with Gasteiger partial charge in [-0.2, -0.15) is 0 Å². The van der Waals surface area contributed by atoms with Crippen LogP contribution in [0.2, 0.25) is 0 Å². The predicted octanol–water partition coefficient (Wildman–Crippen LogP) is 5.98. The van der Waals surface area contributed by atoms with Crippen LogP contribution in [0, 0.1) is 17.8 Å². The van der Waals surface area contributed by atoms with E-state index in [0.29, 0.717) is 12.0 Å². The first-order valence-corrected chi connectivity index (χ1v) is 10.7. The number of hydrogen-bond donors (Lipinski definition) is 1. The van der Waals surface area contributed by atoms with Crippen molar-refractivity contribution in [2.75, 3.05) is 6.61 Å². The predicted molar refractivity (Wildman–Crippen MR) is 103 cm³/mol. The van der Waals surface area contributed by atoms with Crippen molar-refractivity contribution >= 4 is 5.97 Å². The summed E-state index contributed by atoms with van der Waals surface area (Å²) in [6, 6.07) is 0. The van der Waals surface area contributed by atoms with Crippen molar-refractivity contribution in [3.05, 3.63) is 12.2 Å². The molecule has 0 aromatic rings. The average Bonchev–Trinajstić information content (AvgIpc) is 3.19. The van der Waals surface area contributed by atoms with Gasteiger partial charge >= 0.3 is 5.97 Å². The molecule has 2 fully saturated rings. The van der Waals surface area contributed by atoms with Gasteiger partial charge in [-0.25, -0.2) is 0 Å². The van der Waals surface area contributed by atoms with Crippen molar-refractivity contribution in [2.45, 2.75) is 96.5 Å². The summed E-state index contributed by atoms with van der Waals surface area (Å²) in [5, 5.41) is 8.67. The molecule has 0 amide bonds. The largest absolute Gasteiger partial charge is 0.481 e. The summed E-state index contributed by atoms with van der Waals surface area (Å²) in [6.07, 6.45) is 20.1. The van der Waals surface area contributed by atoms with Gasteiger partial charge in [-0.15, -0.1) is 0 Å². The lowest BCUT2D eigenvalue weighted by molar-refractivity contribution is -0.137. The van der Waals surface area contributed by atoms with Gasteiger partial charge in [0.15, 0.2) is 0 Å². The summed E-state index contributed by atoms with van der Waals surface area (Å²) in [6.45, 7) is 3.21. The Bertz CT molecular complexity index is 404. The maximum Gasteiger partial charge on any atom is 0.303 e. The third-order valence-corrected chi connectivity index (χ3v) is 6.15. The van der Waals surface area contributed by atoms with Gasteiger partial charge in [0.2, 0.25) is 0 Å². The van der Waals surface area contributed by atoms with E-state index in [2.05, 4.69) is 19.1 Å². The van der Waals surface area contributed by atoms with Crippen LogP contribution in [0.5, 0.6) is 0 Å².